The third kappa shape index (κ3) is 4.72. The molecule has 0 aromatic carbocycles. The summed E-state index contributed by atoms with van der Waals surface area (Å²) in [5.74, 6) is 0.0931. The molecule has 0 saturated heterocycles. The SMILES string of the molecule is CC(C)S(=O)(=O)CCOC1(CN)CCC(C)(C)CC1. The Morgan fingerprint density at radius 3 is 2.11 bits per heavy atom. The first-order chi connectivity index (χ1) is 8.63. The molecule has 2 N–H and O–H groups in total. The zero-order valence-corrected chi connectivity index (χ0v) is 13.6. The molecular formula is C14H29NO3S. The van der Waals surface area contributed by atoms with E-state index in [1.807, 2.05) is 0 Å². The van der Waals surface area contributed by atoms with Crippen LogP contribution in [0.2, 0.25) is 0 Å². The molecule has 0 unspecified atom stereocenters. The fourth-order valence-electron chi connectivity index (χ4n) is 2.40. The lowest BCUT2D eigenvalue weighted by Crippen LogP contribution is -2.46. The van der Waals surface area contributed by atoms with Gasteiger partial charge in [0.15, 0.2) is 9.84 Å². The molecule has 1 aliphatic carbocycles. The molecule has 19 heavy (non-hydrogen) atoms. The van der Waals surface area contributed by atoms with Crippen LogP contribution in [0.1, 0.15) is 53.4 Å². The molecule has 0 aromatic heterocycles. The zero-order chi connectivity index (χ0) is 14.7. The Balaban J connectivity index is 2.51. The zero-order valence-electron chi connectivity index (χ0n) is 12.7. The van der Waals surface area contributed by atoms with Crippen molar-refractivity contribution in [1.82, 2.24) is 0 Å². The van der Waals surface area contributed by atoms with Gasteiger partial charge in [-0.15, -0.1) is 0 Å². The Hall–Kier alpha value is -0.130. The first kappa shape index (κ1) is 16.9. The quantitative estimate of drug-likeness (QED) is 0.814. The highest BCUT2D eigenvalue weighted by molar-refractivity contribution is 7.91. The lowest BCUT2D eigenvalue weighted by Gasteiger charge is -2.42. The second-order valence-corrected chi connectivity index (χ2v) is 9.49. The van der Waals surface area contributed by atoms with E-state index in [2.05, 4.69) is 13.8 Å². The van der Waals surface area contributed by atoms with Gasteiger partial charge in [-0.2, -0.15) is 0 Å². The molecule has 0 heterocycles. The van der Waals surface area contributed by atoms with Gasteiger partial charge >= 0.3 is 0 Å². The predicted molar refractivity (Wildman–Crippen MR) is 78.9 cm³/mol. The number of nitrogens with two attached hydrogens (primary N) is 1. The molecule has 0 spiro atoms. The smallest absolute Gasteiger partial charge is 0.154 e. The van der Waals surface area contributed by atoms with Crippen LogP contribution in [0, 0.1) is 5.41 Å². The topological polar surface area (TPSA) is 69.4 Å². The molecule has 1 aliphatic rings. The van der Waals surface area contributed by atoms with Gasteiger partial charge in [0, 0.05) is 6.54 Å². The third-order valence-corrected chi connectivity index (χ3v) is 6.55. The maximum absolute atomic E-state index is 11.8. The minimum Gasteiger partial charge on any atom is -0.373 e. The van der Waals surface area contributed by atoms with Crippen LogP contribution in [-0.4, -0.2) is 38.2 Å². The summed E-state index contributed by atoms with van der Waals surface area (Å²) in [6, 6.07) is 0. The van der Waals surface area contributed by atoms with Crippen molar-refractivity contribution in [2.24, 2.45) is 11.1 Å². The Kier molecular flexibility index (Phi) is 5.43. The van der Waals surface area contributed by atoms with Crippen molar-refractivity contribution in [1.29, 1.82) is 0 Å². The summed E-state index contributed by atoms with van der Waals surface area (Å²) >= 11 is 0. The van der Waals surface area contributed by atoms with E-state index >= 15 is 0 Å². The first-order valence-corrected chi connectivity index (χ1v) is 8.90. The molecule has 4 nitrogen and oxygen atoms in total. The average molecular weight is 291 g/mol. The fraction of sp³-hybridized carbons (Fsp3) is 1.00. The van der Waals surface area contributed by atoms with E-state index < -0.39 is 9.84 Å². The molecule has 1 rings (SSSR count). The predicted octanol–water partition coefficient (Wildman–Crippen LogP) is 2.12. The van der Waals surface area contributed by atoms with Gasteiger partial charge in [0.2, 0.25) is 0 Å². The molecule has 114 valence electrons. The minimum atomic E-state index is -3.02. The van der Waals surface area contributed by atoms with Crippen LogP contribution in [0.25, 0.3) is 0 Å². The summed E-state index contributed by atoms with van der Waals surface area (Å²) in [7, 11) is -3.02. The van der Waals surface area contributed by atoms with E-state index in [9.17, 15) is 8.42 Å². The van der Waals surface area contributed by atoms with Crippen molar-refractivity contribution in [3.8, 4) is 0 Å². The van der Waals surface area contributed by atoms with Gasteiger partial charge in [0.05, 0.1) is 23.2 Å². The van der Waals surface area contributed by atoms with E-state index in [1.165, 1.54) is 0 Å². The maximum atomic E-state index is 11.8. The summed E-state index contributed by atoms with van der Waals surface area (Å²) < 4.78 is 29.4. The monoisotopic (exact) mass is 291 g/mol. The molecule has 0 amide bonds. The van der Waals surface area contributed by atoms with Gasteiger partial charge in [-0.3, -0.25) is 0 Å². The second kappa shape index (κ2) is 6.10. The summed E-state index contributed by atoms with van der Waals surface area (Å²) in [5, 5.41) is -0.338. The van der Waals surface area contributed by atoms with Crippen molar-refractivity contribution in [3.05, 3.63) is 0 Å². The molecule has 5 heteroatoms. The molecule has 0 aromatic rings. The number of sulfone groups is 1. The maximum Gasteiger partial charge on any atom is 0.154 e. The number of hydrogen-bond acceptors (Lipinski definition) is 4. The Bertz CT molecular complexity index is 377. The second-order valence-electron chi connectivity index (χ2n) is 6.82. The van der Waals surface area contributed by atoms with E-state index in [0.717, 1.165) is 25.7 Å². The van der Waals surface area contributed by atoms with Gasteiger partial charge in [0.25, 0.3) is 0 Å². The third-order valence-electron chi connectivity index (χ3n) is 4.38. The summed E-state index contributed by atoms with van der Waals surface area (Å²) in [6.45, 7) is 8.67. The molecule has 0 aliphatic heterocycles. The first-order valence-electron chi connectivity index (χ1n) is 7.18. The van der Waals surface area contributed by atoms with Gasteiger partial charge in [-0.1, -0.05) is 13.8 Å². The number of ether oxygens (including phenoxy) is 1. The molecular weight excluding hydrogens is 262 g/mol. The lowest BCUT2D eigenvalue weighted by atomic mass is 9.71. The fourth-order valence-corrected chi connectivity index (χ4v) is 3.19. The Labute approximate surface area is 118 Å². The largest absolute Gasteiger partial charge is 0.373 e. The van der Waals surface area contributed by atoms with Crippen LogP contribution in [0.4, 0.5) is 0 Å². The van der Waals surface area contributed by atoms with Crippen LogP contribution in [0.3, 0.4) is 0 Å². The number of hydrogen-bond donors (Lipinski definition) is 1. The van der Waals surface area contributed by atoms with Gasteiger partial charge < -0.3 is 10.5 Å². The van der Waals surface area contributed by atoms with Gasteiger partial charge in [0.1, 0.15) is 0 Å². The van der Waals surface area contributed by atoms with Gasteiger partial charge in [-0.25, -0.2) is 8.42 Å². The van der Waals surface area contributed by atoms with E-state index in [-0.39, 0.29) is 23.2 Å². The highest BCUT2D eigenvalue weighted by atomic mass is 32.2. The van der Waals surface area contributed by atoms with Crippen molar-refractivity contribution in [3.63, 3.8) is 0 Å². The molecule has 0 bridgehead atoms. The van der Waals surface area contributed by atoms with Crippen LogP contribution in [-0.2, 0) is 14.6 Å². The Morgan fingerprint density at radius 1 is 1.16 bits per heavy atom. The average Bonchev–Trinajstić information content (AvgIpc) is 2.31. The normalized spacial score (nSPS) is 22.6. The highest BCUT2D eigenvalue weighted by Crippen LogP contribution is 2.41. The summed E-state index contributed by atoms with van der Waals surface area (Å²) in [5.41, 5.74) is 5.91. The summed E-state index contributed by atoms with van der Waals surface area (Å²) in [4.78, 5) is 0. The highest BCUT2D eigenvalue weighted by Gasteiger charge is 2.38. The molecule has 1 fully saturated rings. The van der Waals surface area contributed by atoms with E-state index in [4.69, 9.17) is 10.5 Å². The van der Waals surface area contributed by atoms with E-state index in [1.54, 1.807) is 13.8 Å². The van der Waals surface area contributed by atoms with Crippen molar-refractivity contribution in [2.45, 2.75) is 64.2 Å². The Morgan fingerprint density at radius 2 is 1.68 bits per heavy atom. The molecule has 0 atom stereocenters. The van der Waals surface area contributed by atoms with Gasteiger partial charge in [-0.05, 0) is 44.9 Å². The van der Waals surface area contributed by atoms with Crippen LogP contribution >= 0.6 is 0 Å². The van der Waals surface area contributed by atoms with Crippen molar-refractivity contribution < 1.29 is 13.2 Å². The number of rotatable bonds is 6. The van der Waals surface area contributed by atoms with Crippen LogP contribution < -0.4 is 5.73 Å². The minimum absolute atomic E-state index is 0.0931. The molecule has 1 saturated carbocycles. The molecule has 0 radical (unpaired) electrons. The van der Waals surface area contributed by atoms with Crippen molar-refractivity contribution >= 4 is 9.84 Å². The summed E-state index contributed by atoms with van der Waals surface area (Å²) in [6.07, 6.45) is 4.03. The van der Waals surface area contributed by atoms with Crippen LogP contribution in [0.15, 0.2) is 0 Å². The van der Waals surface area contributed by atoms with Crippen LogP contribution in [0.5, 0.6) is 0 Å². The standard InChI is InChI=1S/C14H29NO3S/c1-12(2)19(16,17)10-9-18-14(11-15)7-5-13(3,4)6-8-14/h12H,5-11,15H2,1-4H3. The lowest BCUT2D eigenvalue weighted by molar-refractivity contribution is -0.0753. The van der Waals surface area contributed by atoms with E-state index in [0.29, 0.717) is 12.0 Å². The van der Waals surface area contributed by atoms with Crippen molar-refractivity contribution in [2.75, 3.05) is 18.9 Å².